The SMILES string of the molecule is C=CC(=O)N1CCN(c2ncc3ncnc(Nc4ccc(Oc5ccc6c(c5)ncn6C(F)F)c(C)c4)c3n2)C[C@H]1C. The van der Waals surface area contributed by atoms with Crippen molar-refractivity contribution in [2.75, 3.05) is 29.9 Å². The minimum Gasteiger partial charge on any atom is -0.457 e. The van der Waals surface area contributed by atoms with E-state index < -0.39 is 6.55 Å². The summed E-state index contributed by atoms with van der Waals surface area (Å²) in [5.41, 5.74) is 3.50. The number of carbonyl (C=O) groups excluding carboxylic acids is 1. The molecule has 0 saturated carbocycles. The number of hydrogen-bond donors (Lipinski definition) is 1. The third-order valence-electron chi connectivity index (χ3n) is 7.15. The third kappa shape index (κ3) is 5.16. The fraction of sp³-hybridized carbons (Fsp3) is 0.241. The van der Waals surface area contributed by atoms with Crippen molar-refractivity contribution < 1.29 is 18.3 Å². The smallest absolute Gasteiger partial charge is 0.320 e. The lowest BCUT2D eigenvalue weighted by atomic mass is 10.2. The van der Waals surface area contributed by atoms with Crippen LogP contribution >= 0.6 is 0 Å². The molecule has 0 bridgehead atoms. The van der Waals surface area contributed by atoms with E-state index in [4.69, 9.17) is 9.72 Å². The second-order valence-electron chi connectivity index (χ2n) is 9.94. The maximum atomic E-state index is 13.1. The maximum Gasteiger partial charge on any atom is 0.320 e. The minimum absolute atomic E-state index is 0.0197. The Morgan fingerprint density at radius 2 is 1.98 bits per heavy atom. The van der Waals surface area contributed by atoms with E-state index in [9.17, 15) is 13.6 Å². The Balaban J connectivity index is 1.20. The molecule has 1 atom stereocenters. The zero-order valence-corrected chi connectivity index (χ0v) is 22.9. The van der Waals surface area contributed by atoms with Gasteiger partial charge in [-0.2, -0.15) is 8.78 Å². The van der Waals surface area contributed by atoms with Crippen LogP contribution in [0.1, 0.15) is 19.0 Å². The van der Waals surface area contributed by atoms with Gasteiger partial charge in [-0.3, -0.25) is 9.36 Å². The van der Waals surface area contributed by atoms with Crippen LogP contribution in [0.25, 0.3) is 22.1 Å². The van der Waals surface area contributed by atoms with E-state index in [1.54, 1.807) is 29.3 Å². The molecule has 0 radical (unpaired) electrons. The molecule has 1 fully saturated rings. The molecule has 0 spiro atoms. The normalized spacial score (nSPS) is 15.4. The lowest BCUT2D eigenvalue weighted by Gasteiger charge is -2.39. The number of amides is 1. The van der Waals surface area contributed by atoms with Gasteiger partial charge in [0.15, 0.2) is 5.82 Å². The molecule has 5 aromatic rings. The van der Waals surface area contributed by atoms with Crippen molar-refractivity contribution in [2.24, 2.45) is 0 Å². The molecule has 2 aromatic carbocycles. The number of aryl methyl sites for hydroxylation is 1. The van der Waals surface area contributed by atoms with Crippen LogP contribution in [0, 0.1) is 6.92 Å². The second kappa shape index (κ2) is 11.0. The molecule has 11 nitrogen and oxygen atoms in total. The molecule has 3 aromatic heterocycles. The van der Waals surface area contributed by atoms with Gasteiger partial charge in [0, 0.05) is 37.4 Å². The van der Waals surface area contributed by atoms with Gasteiger partial charge in [-0.05, 0) is 55.8 Å². The number of alkyl halides is 2. The fourth-order valence-corrected chi connectivity index (χ4v) is 5.01. The van der Waals surface area contributed by atoms with Gasteiger partial charge in [0.2, 0.25) is 11.9 Å². The number of nitrogens with zero attached hydrogens (tertiary/aromatic N) is 8. The maximum absolute atomic E-state index is 13.1. The van der Waals surface area contributed by atoms with Gasteiger partial charge in [0.1, 0.15) is 35.2 Å². The summed E-state index contributed by atoms with van der Waals surface area (Å²) in [6.45, 7) is 6.54. The van der Waals surface area contributed by atoms with Crippen molar-refractivity contribution in [3.05, 3.63) is 73.5 Å². The predicted octanol–water partition coefficient (Wildman–Crippen LogP) is 5.23. The Hall–Kier alpha value is -5.20. The average Bonchev–Trinajstić information content (AvgIpc) is 3.42. The van der Waals surface area contributed by atoms with E-state index in [1.165, 1.54) is 12.4 Å². The summed E-state index contributed by atoms with van der Waals surface area (Å²) in [6, 6.07) is 10.4. The quantitative estimate of drug-likeness (QED) is 0.262. The molecule has 1 N–H and O–H groups in total. The zero-order valence-electron chi connectivity index (χ0n) is 22.9. The summed E-state index contributed by atoms with van der Waals surface area (Å²) >= 11 is 0. The number of fused-ring (bicyclic) bond motifs is 2. The molecule has 13 heteroatoms. The summed E-state index contributed by atoms with van der Waals surface area (Å²) in [4.78, 5) is 38.0. The molecule has 0 unspecified atom stereocenters. The van der Waals surface area contributed by atoms with Crippen LogP contribution in [0.3, 0.4) is 0 Å². The van der Waals surface area contributed by atoms with Crippen LogP contribution in [0.5, 0.6) is 11.5 Å². The zero-order chi connectivity index (χ0) is 29.4. The highest BCUT2D eigenvalue weighted by Gasteiger charge is 2.27. The van der Waals surface area contributed by atoms with Crippen LogP contribution in [-0.2, 0) is 4.79 Å². The summed E-state index contributed by atoms with van der Waals surface area (Å²) in [5, 5.41) is 3.32. The second-order valence-corrected chi connectivity index (χ2v) is 9.94. The highest BCUT2D eigenvalue weighted by Crippen LogP contribution is 2.32. The number of anilines is 3. The Morgan fingerprint density at radius 1 is 1.12 bits per heavy atom. The molecule has 1 amide bonds. The molecule has 1 aliphatic rings. The van der Waals surface area contributed by atoms with Crippen molar-refractivity contribution in [3.63, 3.8) is 0 Å². The van der Waals surface area contributed by atoms with E-state index in [1.807, 2.05) is 36.9 Å². The first-order valence-electron chi connectivity index (χ1n) is 13.3. The number of hydrogen-bond acceptors (Lipinski definition) is 9. The van der Waals surface area contributed by atoms with Gasteiger partial charge in [-0.1, -0.05) is 6.58 Å². The minimum atomic E-state index is -2.66. The number of rotatable bonds is 7. The molecule has 0 aliphatic carbocycles. The first-order valence-corrected chi connectivity index (χ1v) is 13.3. The van der Waals surface area contributed by atoms with Crippen molar-refractivity contribution in [3.8, 4) is 11.5 Å². The lowest BCUT2D eigenvalue weighted by molar-refractivity contribution is -0.128. The number of imidazole rings is 1. The Kier molecular flexibility index (Phi) is 7.07. The van der Waals surface area contributed by atoms with E-state index >= 15 is 0 Å². The number of aromatic nitrogens is 6. The van der Waals surface area contributed by atoms with Crippen molar-refractivity contribution in [1.82, 2.24) is 34.4 Å². The van der Waals surface area contributed by atoms with E-state index in [0.29, 0.717) is 65.0 Å². The molecule has 214 valence electrons. The van der Waals surface area contributed by atoms with Crippen LogP contribution in [-0.4, -0.2) is 66.0 Å². The summed E-state index contributed by atoms with van der Waals surface area (Å²) in [7, 11) is 0. The molecule has 6 rings (SSSR count). The Labute approximate surface area is 239 Å². The van der Waals surface area contributed by atoms with Gasteiger partial charge < -0.3 is 19.9 Å². The highest BCUT2D eigenvalue weighted by molar-refractivity contribution is 5.88. The standard InChI is InChI=1S/C29H27F2N9O2/c1-4-25(41)39-10-9-38(14-18(39)3)29-32-13-22-26(37-29)27(34-15-33-22)36-19-5-8-24(17(2)11-19)42-20-6-7-23-21(12-20)35-16-40(23)28(30)31/h4-8,11-13,15-16,18,28H,1,9-10,14H2,2-3H3,(H,33,34,36)/t18-/m1/s1. The van der Waals surface area contributed by atoms with Crippen LogP contribution < -0.4 is 15.0 Å². The average molecular weight is 572 g/mol. The van der Waals surface area contributed by atoms with Gasteiger partial charge in [-0.15, -0.1) is 0 Å². The number of halogens is 2. The summed E-state index contributed by atoms with van der Waals surface area (Å²) < 4.78 is 33.1. The molecule has 4 heterocycles. The van der Waals surface area contributed by atoms with Crippen LogP contribution in [0.4, 0.5) is 26.2 Å². The van der Waals surface area contributed by atoms with Crippen molar-refractivity contribution in [2.45, 2.75) is 26.4 Å². The summed E-state index contributed by atoms with van der Waals surface area (Å²) in [6.07, 6.45) is 5.56. The topological polar surface area (TPSA) is 114 Å². The van der Waals surface area contributed by atoms with E-state index in [0.717, 1.165) is 22.1 Å². The van der Waals surface area contributed by atoms with Crippen LogP contribution in [0.2, 0.25) is 0 Å². The first kappa shape index (κ1) is 27.0. The predicted molar refractivity (Wildman–Crippen MR) is 154 cm³/mol. The van der Waals surface area contributed by atoms with Gasteiger partial charge in [0.05, 0.1) is 17.2 Å². The van der Waals surface area contributed by atoms with Gasteiger partial charge in [-0.25, -0.2) is 24.9 Å². The molecule has 42 heavy (non-hydrogen) atoms. The Morgan fingerprint density at radius 3 is 2.74 bits per heavy atom. The lowest BCUT2D eigenvalue weighted by Crippen LogP contribution is -2.54. The fourth-order valence-electron chi connectivity index (χ4n) is 5.01. The number of ether oxygens (including phenoxy) is 1. The number of benzene rings is 2. The van der Waals surface area contributed by atoms with Crippen molar-refractivity contribution >= 4 is 45.4 Å². The Bertz CT molecular complexity index is 1810. The van der Waals surface area contributed by atoms with Crippen LogP contribution in [0.15, 0.2) is 67.9 Å². The molecule has 1 saturated heterocycles. The molecular formula is C29H27F2N9O2. The van der Waals surface area contributed by atoms with Crippen molar-refractivity contribution in [1.29, 1.82) is 0 Å². The van der Waals surface area contributed by atoms with E-state index in [2.05, 4.69) is 31.8 Å². The monoisotopic (exact) mass is 571 g/mol. The summed E-state index contributed by atoms with van der Waals surface area (Å²) in [5.74, 6) is 2.06. The largest absolute Gasteiger partial charge is 0.457 e. The van der Waals surface area contributed by atoms with Gasteiger partial charge >= 0.3 is 6.55 Å². The number of carbonyl (C=O) groups is 1. The number of piperazine rings is 1. The van der Waals surface area contributed by atoms with E-state index in [-0.39, 0.29) is 11.9 Å². The molecule has 1 aliphatic heterocycles. The number of nitrogens with one attached hydrogen (secondary N) is 1. The molecular weight excluding hydrogens is 544 g/mol. The van der Waals surface area contributed by atoms with Gasteiger partial charge in [0.25, 0.3) is 0 Å². The first-order chi connectivity index (χ1) is 20.3. The third-order valence-corrected chi connectivity index (χ3v) is 7.15. The highest BCUT2D eigenvalue weighted by atomic mass is 19.3.